The fourth-order valence-corrected chi connectivity index (χ4v) is 5.22. The fraction of sp³-hybridized carbons (Fsp3) is 0.217. The van der Waals surface area contributed by atoms with E-state index in [9.17, 15) is 14.4 Å². The molecule has 0 aliphatic carbocycles. The summed E-state index contributed by atoms with van der Waals surface area (Å²) in [5.41, 5.74) is 2.42. The number of carbonyl (C=O) groups is 2. The van der Waals surface area contributed by atoms with Crippen LogP contribution in [0.1, 0.15) is 26.8 Å². The van der Waals surface area contributed by atoms with E-state index in [1.165, 1.54) is 26.0 Å². The van der Waals surface area contributed by atoms with Crippen molar-refractivity contribution in [3.8, 4) is 11.3 Å². The number of carbonyl (C=O) groups excluding carboxylic acids is 2. The molecule has 9 nitrogen and oxygen atoms in total. The molecule has 0 saturated heterocycles. The molecule has 4 rings (SSSR count). The van der Waals surface area contributed by atoms with Crippen molar-refractivity contribution in [2.45, 2.75) is 24.3 Å². The van der Waals surface area contributed by atoms with E-state index in [-0.39, 0.29) is 22.2 Å². The van der Waals surface area contributed by atoms with Gasteiger partial charge in [0.15, 0.2) is 5.16 Å². The van der Waals surface area contributed by atoms with Gasteiger partial charge in [0.25, 0.3) is 5.56 Å². The lowest BCUT2D eigenvalue weighted by atomic mass is 10.1. The van der Waals surface area contributed by atoms with Gasteiger partial charge in [0.2, 0.25) is 0 Å². The topological polar surface area (TPSA) is 124 Å². The molecule has 0 aliphatic rings. The highest BCUT2D eigenvalue weighted by atomic mass is 32.2. The van der Waals surface area contributed by atoms with Crippen LogP contribution in [0.4, 0.5) is 0 Å². The summed E-state index contributed by atoms with van der Waals surface area (Å²) in [6, 6.07) is 11.7. The number of nitrogens with zero attached hydrogens (tertiary/aromatic N) is 3. The Morgan fingerprint density at radius 2 is 1.85 bits per heavy atom. The number of thioether (sulfide) groups is 1. The van der Waals surface area contributed by atoms with Crippen molar-refractivity contribution in [2.75, 3.05) is 14.2 Å². The van der Waals surface area contributed by atoms with Crippen LogP contribution in [0.5, 0.6) is 0 Å². The number of hydrogen-bond donors (Lipinski definition) is 1. The zero-order chi connectivity index (χ0) is 24.2. The van der Waals surface area contributed by atoms with E-state index in [1.54, 1.807) is 0 Å². The highest BCUT2D eigenvalue weighted by Gasteiger charge is 2.24. The van der Waals surface area contributed by atoms with Gasteiger partial charge in [-0.1, -0.05) is 42.1 Å². The molecule has 3 heterocycles. The molecule has 34 heavy (non-hydrogen) atoms. The first-order valence-electron chi connectivity index (χ1n) is 10.1. The van der Waals surface area contributed by atoms with E-state index in [2.05, 4.69) is 19.9 Å². The molecule has 0 spiro atoms. The number of rotatable bonds is 7. The number of hydrogen-bond acceptors (Lipinski definition) is 10. The van der Waals surface area contributed by atoms with Crippen LogP contribution < -0.4 is 5.56 Å². The molecule has 0 amide bonds. The lowest BCUT2D eigenvalue weighted by molar-refractivity contribution is -0.139. The van der Waals surface area contributed by atoms with Crippen LogP contribution in [0.2, 0.25) is 0 Å². The first-order chi connectivity index (χ1) is 16.4. The van der Waals surface area contributed by atoms with Crippen molar-refractivity contribution in [1.82, 2.24) is 19.9 Å². The first kappa shape index (κ1) is 23.6. The molecular weight excluding hydrogens is 476 g/mol. The minimum Gasteiger partial charge on any atom is -0.469 e. The van der Waals surface area contributed by atoms with Gasteiger partial charge in [-0.25, -0.2) is 19.7 Å². The molecule has 0 unspecified atom stereocenters. The van der Waals surface area contributed by atoms with Gasteiger partial charge in [-0.3, -0.25) is 9.59 Å². The summed E-state index contributed by atoms with van der Waals surface area (Å²) in [4.78, 5) is 53.8. The number of benzene rings is 1. The number of esters is 2. The second kappa shape index (κ2) is 10.1. The molecule has 1 N–H and O–H groups in total. The molecule has 0 fully saturated rings. The summed E-state index contributed by atoms with van der Waals surface area (Å²) >= 11 is 2.34. The number of aromatic amines is 1. The molecule has 0 radical (unpaired) electrons. The van der Waals surface area contributed by atoms with Gasteiger partial charge in [0.05, 0.1) is 37.5 Å². The number of thiophene rings is 1. The normalized spacial score (nSPS) is 10.9. The van der Waals surface area contributed by atoms with Crippen LogP contribution in [0.3, 0.4) is 0 Å². The number of nitrogens with one attached hydrogen (secondary N) is 1. The number of ether oxygens (including phenoxy) is 2. The van der Waals surface area contributed by atoms with Gasteiger partial charge in [0, 0.05) is 16.8 Å². The maximum absolute atomic E-state index is 12.9. The monoisotopic (exact) mass is 496 g/mol. The molecule has 3 aromatic heterocycles. The quantitative estimate of drug-likeness (QED) is 0.232. The van der Waals surface area contributed by atoms with Crippen LogP contribution in [0.25, 0.3) is 21.5 Å². The van der Waals surface area contributed by atoms with E-state index >= 15 is 0 Å². The van der Waals surface area contributed by atoms with Gasteiger partial charge < -0.3 is 14.5 Å². The lowest BCUT2D eigenvalue weighted by Gasteiger charge is -2.06. The molecule has 0 aliphatic heterocycles. The molecule has 11 heteroatoms. The Morgan fingerprint density at radius 1 is 1.09 bits per heavy atom. The number of methoxy groups -OCH3 is 2. The molecule has 0 bridgehead atoms. The van der Waals surface area contributed by atoms with E-state index in [0.29, 0.717) is 21.6 Å². The molecule has 4 aromatic rings. The van der Waals surface area contributed by atoms with Crippen molar-refractivity contribution in [3.63, 3.8) is 0 Å². The standard InChI is InChI=1S/C23H20N4O5S2/c1-12-9-15(13-7-5-4-6-8-13)25-23(24-12)33-11-16-26-20(29)18-14(10-17(28)31-2)19(22(30)32-3)34-21(18)27-16/h4-9H,10-11H2,1-3H3,(H,26,27,29). The van der Waals surface area contributed by atoms with Crippen molar-refractivity contribution in [2.24, 2.45) is 0 Å². The van der Waals surface area contributed by atoms with E-state index < -0.39 is 17.5 Å². The Labute approximate surface area is 202 Å². The van der Waals surface area contributed by atoms with Crippen LogP contribution in [-0.2, 0) is 26.4 Å². The third-order valence-electron chi connectivity index (χ3n) is 4.87. The zero-order valence-corrected chi connectivity index (χ0v) is 20.2. The zero-order valence-electron chi connectivity index (χ0n) is 18.6. The highest BCUT2D eigenvalue weighted by molar-refractivity contribution is 7.98. The number of aryl methyl sites for hydroxylation is 1. The van der Waals surface area contributed by atoms with Crippen LogP contribution in [0.15, 0.2) is 46.3 Å². The Morgan fingerprint density at radius 3 is 2.56 bits per heavy atom. The van der Waals surface area contributed by atoms with Crippen LogP contribution in [0, 0.1) is 6.92 Å². The van der Waals surface area contributed by atoms with Gasteiger partial charge in [-0.2, -0.15) is 0 Å². The average molecular weight is 497 g/mol. The van der Waals surface area contributed by atoms with E-state index in [4.69, 9.17) is 9.47 Å². The number of aromatic nitrogens is 4. The van der Waals surface area contributed by atoms with Crippen molar-refractivity contribution in [1.29, 1.82) is 0 Å². The predicted octanol–water partition coefficient (Wildman–Crippen LogP) is 3.54. The summed E-state index contributed by atoms with van der Waals surface area (Å²) in [6.45, 7) is 1.90. The molecule has 1 aromatic carbocycles. The summed E-state index contributed by atoms with van der Waals surface area (Å²) in [7, 11) is 2.48. The second-order valence-electron chi connectivity index (χ2n) is 7.18. The minimum absolute atomic E-state index is 0.153. The van der Waals surface area contributed by atoms with Crippen LogP contribution >= 0.6 is 23.1 Å². The third-order valence-corrected chi connectivity index (χ3v) is 6.84. The second-order valence-corrected chi connectivity index (χ2v) is 9.12. The fourth-order valence-electron chi connectivity index (χ4n) is 3.32. The SMILES string of the molecule is COC(=O)Cc1c(C(=O)OC)sc2nc(CSc3nc(C)cc(-c4ccccc4)n3)[nH]c(=O)c12. The highest BCUT2D eigenvalue weighted by Crippen LogP contribution is 2.30. The van der Waals surface area contributed by atoms with Crippen molar-refractivity contribution >= 4 is 45.3 Å². The Balaban J connectivity index is 1.65. The number of fused-ring (bicyclic) bond motifs is 1. The molecule has 0 saturated carbocycles. The van der Waals surface area contributed by atoms with Crippen molar-refractivity contribution < 1.29 is 19.1 Å². The largest absolute Gasteiger partial charge is 0.469 e. The average Bonchev–Trinajstić information content (AvgIpc) is 3.21. The predicted molar refractivity (Wildman–Crippen MR) is 129 cm³/mol. The Hall–Kier alpha value is -3.57. The Bertz CT molecular complexity index is 1430. The minimum atomic E-state index is -0.640. The summed E-state index contributed by atoms with van der Waals surface area (Å²) in [5.74, 6) is -0.509. The number of H-pyrrole nitrogens is 1. The van der Waals surface area contributed by atoms with Gasteiger partial charge in [-0.05, 0) is 13.0 Å². The molecular formula is C23H20N4O5S2. The van der Waals surface area contributed by atoms with Crippen LogP contribution in [-0.4, -0.2) is 46.1 Å². The Kier molecular flexibility index (Phi) is 7.03. The molecule has 0 atom stereocenters. The third kappa shape index (κ3) is 5.00. The van der Waals surface area contributed by atoms with Gasteiger partial charge in [0.1, 0.15) is 15.5 Å². The van der Waals surface area contributed by atoms with E-state index in [0.717, 1.165) is 28.3 Å². The van der Waals surface area contributed by atoms with E-state index in [1.807, 2.05) is 43.3 Å². The smallest absolute Gasteiger partial charge is 0.348 e. The van der Waals surface area contributed by atoms with Gasteiger partial charge >= 0.3 is 11.9 Å². The first-order valence-corrected chi connectivity index (χ1v) is 11.9. The molecule has 174 valence electrons. The van der Waals surface area contributed by atoms with Crippen molar-refractivity contribution in [3.05, 3.63) is 68.7 Å². The summed E-state index contributed by atoms with van der Waals surface area (Å²) in [6.07, 6.45) is -0.237. The maximum Gasteiger partial charge on any atom is 0.348 e. The van der Waals surface area contributed by atoms with Gasteiger partial charge in [-0.15, -0.1) is 11.3 Å². The summed E-state index contributed by atoms with van der Waals surface area (Å²) in [5, 5.41) is 0.733. The summed E-state index contributed by atoms with van der Waals surface area (Å²) < 4.78 is 9.52. The lowest BCUT2D eigenvalue weighted by Crippen LogP contribution is -2.15. The maximum atomic E-state index is 12.9.